The fraction of sp³-hybridized carbons (Fsp3) is 0.217. The smallest absolute Gasteiger partial charge is 0.407 e. The average Bonchev–Trinajstić information content (AvgIpc) is 3.30. The topological polar surface area (TPSA) is 81.6 Å². The van der Waals surface area contributed by atoms with Gasteiger partial charge in [-0.2, -0.15) is 0 Å². The number of halogens is 1. The van der Waals surface area contributed by atoms with Gasteiger partial charge >= 0.3 is 12.2 Å². The summed E-state index contributed by atoms with van der Waals surface area (Å²) in [5.74, 6) is 0. The maximum atomic E-state index is 11.8. The van der Waals surface area contributed by atoms with Crippen LogP contribution in [0.3, 0.4) is 0 Å². The highest BCUT2D eigenvalue weighted by molar-refractivity contribution is 6.30. The van der Waals surface area contributed by atoms with Gasteiger partial charge in [-0.25, -0.2) is 9.59 Å². The third-order valence-corrected chi connectivity index (χ3v) is 5.56. The highest BCUT2D eigenvalue weighted by Crippen LogP contribution is 2.41. The molecule has 2 N–H and O–H groups in total. The normalized spacial score (nSPS) is 11.5. The predicted molar refractivity (Wildman–Crippen MR) is 118 cm³/mol. The van der Waals surface area contributed by atoms with Gasteiger partial charge in [0.2, 0.25) is 0 Å². The molecule has 0 saturated heterocycles. The van der Waals surface area contributed by atoms with Gasteiger partial charge in [-0.05, 0) is 29.3 Å². The van der Waals surface area contributed by atoms with E-state index in [4.69, 9.17) is 21.1 Å². The molecule has 4 rings (SSSR count). The summed E-state index contributed by atoms with van der Waals surface area (Å²) in [7, 11) is 3.02. The van der Waals surface area contributed by atoms with Gasteiger partial charge in [-0.1, -0.05) is 41.9 Å². The largest absolute Gasteiger partial charge is 0.445 e. The number of ether oxygens (including phenoxy) is 2. The molecule has 0 atom stereocenters. The van der Waals surface area contributed by atoms with Crippen LogP contribution in [0.5, 0.6) is 0 Å². The van der Waals surface area contributed by atoms with Crippen molar-refractivity contribution in [1.29, 1.82) is 0 Å². The first-order valence-corrected chi connectivity index (χ1v) is 10.2. The lowest BCUT2D eigenvalue weighted by molar-refractivity contribution is 0.134. The quantitative estimate of drug-likeness (QED) is 0.482. The van der Waals surface area contributed by atoms with Crippen molar-refractivity contribution in [2.45, 2.75) is 19.6 Å². The molecule has 0 fully saturated rings. The monoisotopic (exact) mass is 439 g/mol. The highest BCUT2D eigenvalue weighted by Gasteiger charge is 2.31. The van der Waals surface area contributed by atoms with Gasteiger partial charge in [0.25, 0.3) is 0 Å². The Hall–Kier alpha value is -3.45. The number of para-hydroxylation sites is 1. The molecule has 0 radical (unpaired) electrons. The number of benzene rings is 2. The Bertz CT molecular complexity index is 1140. The third-order valence-electron chi connectivity index (χ3n) is 5.30. The summed E-state index contributed by atoms with van der Waals surface area (Å²) >= 11 is 6.12. The number of carbonyl (C=O) groups excluding carboxylic acids is 2. The molecule has 3 aromatic rings. The second-order valence-corrected chi connectivity index (χ2v) is 7.49. The summed E-state index contributed by atoms with van der Waals surface area (Å²) in [6.45, 7) is 0.0925. The van der Waals surface area contributed by atoms with E-state index in [1.165, 1.54) is 19.7 Å². The van der Waals surface area contributed by atoms with Crippen molar-refractivity contribution >= 4 is 23.8 Å². The Kier molecular flexibility index (Phi) is 5.86. The average molecular weight is 440 g/mol. The summed E-state index contributed by atoms with van der Waals surface area (Å²) in [5.41, 5.74) is 6.65. The van der Waals surface area contributed by atoms with Crippen LogP contribution in [0, 0.1) is 0 Å². The van der Waals surface area contributed by atoms with Crippen molar-refractivity contribution in [2.24, 2.45) is 0 Å². The second-order valence-electron chi connectivity index (χ2n) is 7.05. The zero-order chi connectivity index (χ0) is 22.0. The molecule has 0 spiro atoms. The maximum Gasteiger partial charge on any atom is 0.407 e. The van der Waals surface area contributed by atoms with Crippen LogP contribution in [-0.2, 0) is 29.1 Å². The Labute approximate surface area is 184 Å². The molecule has 31 heavy (non-hydrogen) atoms. The van der Waals surface area contributed by atoms with Crippen LogP contribution in [0.4, 0.5) is 9.59 Å². The second kappa shape index (κ2) is 8.73. The molecule has 160 valence electrons. The molecule has 0 unspecified atom stereocenters. The number of aromatic nitrogens is 1. The summed E-state index contributed by atoms with van der Waals surface area (Å²) in [6, 6.07) is 15.6. The van der Waals surface area contributed by atoms with Gasteiger partial charge in [-0.15, -0.1) is 0 Å². The minimum atomic E-state index is -0.535. The molecule has 2 amide bonds. The van der Waals surface area contributed by atoms with Crippen LogP contribution in [0.2, 0.25) is 5.02 Å². The Morgan fingerprint density at radius 2 is 1.55 bits per heavy atom. The molecule has 0 saturated carbocycles. The molecule has 0 bridgehead atoms. The number of fused-ring (bicyclic) bond motifs is 3. The van der Waals surface area contributed by atoms with Crippen LogP contribution in [0.1, 0.15) is 22.4 Å². The van der Waals surface area contributed by atoms with Gasteiger partial charge in [0.15, 0.2) is 0 Å². The molecular weight excluding hydrogens is 418 g/mol. The van der Waals surface area contributed by atoms with E-state index in [0.29, 0.717) is 11.4 Å². The van der Waals surface area contributed by atoms with Gasteiger partial charge in [0, 0.05) is 48.0 Å². The van der Waals surface area contributed by atoms with Gasteiger partial charge < -0.3 is 24.7 Å². The number of hydrogen-bond donors (Lipinski definition) is 2. The van der Waals surface area contributed by atoms with Gasteiger partial charge in [0.1, 0.15) is 13.2 Å². The molecule has 0 aliphatic carbocycles. The van der Waals surface area contributed by atoms with E-state index in [1.54, 1.807) is 0 Å². The van der Waals surface area contributed by atoms with E-state index in [1.807, 2.05) is 36.4 Å². The summed E-state index contributed by atoms with van der Waals surface area (Å²) in [6.07, 6.45) is -0.378. The first-order chi connectivity index (χ1) is 15.0. The van der Waals surface area contributed by atoms with Gasteiger partial charge in [0.05, 0.1) is 5.69 Å². The van der Waals surface area contributed by atoms with Crippen molar-refractivity contribution in [3.05, 3.63) is 75.9 Å². The fourth-order valence-electron chi connectivity index (χ4n) is 3.89. The minimum Gasteiger partial charge on any atom is -0.445 e. The van der Waals surface area contributed by atoms with E-state index >= 15 is 0 Å². The zero-order valence-electron chi connectivity index (χ0n) is 17.2. The summed E-state index contributed by atoms with van der Waals surface area (Å²) < 4.78 is 13.0. The number of nitrogens with one attached hydrogen (secondary N) is 2. The first-order valence-electron chi connectivity index (χ1n) is 9.82. The number of rotatable bonds is 5. The van der Waals surface area contributed by atoms with Crippen molar-refractivity contribution in [3.8, 4) is 16.9 Å². The van der Waals surface area contributed by atoms with Crippen molar-refractivity contribution in [3.63, 3.8) is 0 Å². The van der Waals surface area contributed by atoms with Crippen LogP contribution < -0.4 is 10.6 Å². The molecule has 1 aliphatic heterocycles. The first kappa shape index (κ1) is 20.8. The van der Waals surface area contributed by atoms with E-state index in [2.05, 4.69) is 27.3 Å². The number of carbonyl (C=O) groups is 2. The summed E-state index contributed by atoms with van der Waals surface area (Å²) in [5, 5.41) is 5.56. The third kappa shape index (κ3) is 3.96. The van der Waals surface area contributed by atoms with E-state index in [9.17, 15) is 9.59 Å². The molecule has 1 aliphatic rings. The van der Waals surface area contributed by atoms with Crippen LogP contribution in [0.25, 0.3) is 16.9 Å². The maximum absolute atomic E-state index is 11.8. The zero-order valence-corrected chi connectivity index (χ0v) is 18.0. The number of alkyl carbamates (subject to hydrolysis) is 2. The van der Waals surface area contributed by atoms with Crippen molar-refractivity contribution < 1.29 is 19.1 Å². The fourth-order valence-corrected chi connectivity index (χ4v) is 4.02. The lowest BCUT2D eigenvalue weighted by Crippen LogP contribution is -2.20. The number of amides is 2. The lowest BCUT2D eigenvalue weighted by atomic mass is 10.0. The van der Waals surface area contributed by atoms with E-state index in [-0.39, 0.29) is 13.2 Å². The van der Waals surface area contributed by atoms with Crippen LogP contribution in [-0.4, -0.2) is 30.8 Å². The Morgan fingerprint density at radius 1 is 0.935 bits per heavy atom. The minimum absolute atomic E-state index is 0.0340. The Balaban J connectivity index is 1.90. The highest BCUT2D eigenvalue weighted by atomic mass is 35.5. The molecule has 7 nitrogen and oxygen atoms in total. The lowest BCUT2D eigenvalue weighted by Gasteiger charge is -2.13. The standard InChI is InChI=1S/C23H22ClN3O4/c1-25-22(28)30-12-17-18(13-31-23(29)26-2)21(14-7-9-16(24)10-8-14)27-19-6-4-3-5-15(19)11-20(17)27/h3-10H,11-13H2,1-2H3,(H,25,28)(H,26,29). The molecule has 2 heterocycles. The number of nitrogens with zero attached hydrogens (tertiary/aromatic N) is 1. The molecule has 1 aromatic heterocycles. The van der Waals surface area contributed by atoms with E-state index in [0.717, 1.165) is 33.8 Å². The predicted octanol–water partition coefficient (Wildman–Crippen LogP) is 4.41. The number of hydrogen-bond acceptors (Lipinski definition) is 4. The van der Waals surface area contributed by atoms with Crippen LogP contribution >= 0.6 is 11.6 Å². The van der Waals surface area contributed by atoms with Crippen LogP contribution in [0.15, 0.2) is 48.5 Å². The molecule has 2 aromatic carbocycles. The van der Waals surface area contributed by atoms with Crippen molar-refractivity contribution in [1.82, 2.24) is 15.2 Å². The van der Waals surface area contributed by atoms with Crippen molar-refractivity contribution in [2.75, 3.05) is 14.1 Å². The SMILES string of the molecule is CNC(=O)OCc1c(COC(=O)NC)c(-c2ccc(Cl)cc2)n2c1Cc1ccccc1-2. The molecular formula is C23H22ClN3O4. The van der Waals surface area contributed by atoms with Gasteiger partial charge in [-0.3, -0.25) is 0 Å². The molecule has 8 heteroatoms. The summed E-state index contributed by atoms with van der Waals surface area (Å²) in [4.78, 5) is 23.6. The van der Waals surface area contributed by atoms with E-state index < -0.39 is 12.2 Å². The Morgan fingerprint density at radius 3 is 2.19 bits per heavy atom.